The van der Waals surface area contributed by atoms with Gasteiger partial charge < -0.3 is 5.11 Å². The molecule has 0 aromatic heterocycles. The van der Waals surface area contributed by atoms with E-state index in [1.54, 1.807) is 24.3 Å². The van der Waals surface area contributed by atoms with Gasteiger partial charge in [-0.15, -0.1) is 0 Å². The molecule has 0 spiro atoms. The van der Waals surface area contributed by atoms with Crippen molar-refractivity contribution in [2.24, 2.45) is 0 Å². The lowest BCUT2D eigenvalue weighted by Gasteiger charge is -2.08. The standard InChI is InChI=1S/C12H12N2O3S/c1-10-4-5-12(11(9-10)3-2-7-15)14-18(16,17)8-6-13/h4-5,9,14-15H,7-8H2,1H3. The first kappa shape index (κ1) is 14.0. The highest BCUT2D eigenvalue weighted by molar-refractivity contribution is 7.92. The monoisotopic (exact) mass is 264 g/mol. The van der Waals surface area contributed by atoms with Gasteiger partial charge in [0.05, 0.1) is 11.8 Å². The second-order valence-corrected chi connectivity index (χ2v) is 5.25. The van der Waals surface area contributed by atoms with E-state index in [1.807, 2.05) is 6.92 Å². The molecule has 1 aromatic carbocycles. The molecule has 5 nitrogen and oxygen atoms in total. The van der Waals surface area contributed by atoms with Crippen LogP contribution in [0.15, 0.2) is 18.2 Å². The topological polar surface area (TPSA) is 90.2 Å². The Hall–Kier alpha value is -2.02. The van der Waals surface area contributed by atoms with Crippen LogP contribution < -0.4 is 4.72 Å². The summed E-state index contributed by atoms with van der Waals surface area (Å²) in [7, 11) is -3.69. The van der Waals surface area contributed by atoms with Crippen molar-refractivity contribution in [3.05, 3.63) is 29.3 Å². The number of benzene rings is 1. The van der Waals surface area contributed by atoms with Crippen LogP contribution in [-0.2, 0) is 10.0 Å². The Morgan fingerprint density at radius 3 is 2.78 bits per heavy atom. The summed E-state index contributed by atoms with van der Waals surface area (Å²) in [5.74, 6) is 4.50. The molecule has 0 saturated heterocycles. The van der Waals surface area contributed by atoms with Crippen molar-refractivity contribution in [3.8, 4) is 17.9 Å². The van der Waals surface area contributed by atoms with Gasteiger partial charge in [-0.3, -0.25) is 4.72 Å². The molecule has 1 aromatic rings. The molecular weight excluding hydrogens is 252 g/mol. The zero-order valence-corrected chi connectivity index (χ0v) is 10.6. The van der Waals surface area contributed by atoms with Crippen LogP contribution in [0, 0.1) is 30.1 Å². The second kappa shape index (κ2) is 6.06. The number of hydrogen-bond acceptors (Lipinski definition) is 4. The van der Waals surface area contributed by atoms with Crippen molar-refractivity contribution in [2.75, 3.05) is 17.1 Å². The van der Waals surface area contributed by atoms with E-state index in [9.17, 15) is 8.42 Å². The van der Waals surface area contributed by atoms with Gasteiger partial charge in [-0.05, 0) is 24.6 Å². The fourth-order valence-corrected chi connectivity index (χ4v) is 2.03. The SMILES string of the molecule is Cc1ccc(NS(=O)(=O)CC#N)c(C#CCO)c1. The Morgan fingerprint density at radius 2 is 2.17 bits per heavy atom. The average molecular weight is 264 g/mol. The Balaban J connectivity index is 3.14. The predicted molar refractivity (Wildman–Crippen MR) is 68.2 cm³/mol. The molecule has 0 atom stereocenters. The highest BCUT2D eigenvalue weighted by Gasteiger charge is 2.11. The highest BCUT2D eigenvalue weighted by atomic mass is 32.2. The Bertz CT molecular complexity index is 634. The van der Waals surface area contributed by atoms with E-state index in [2.05, 4.69) is 16.6 Å². The number of aliphatic hydroxyl groups excluding tert-OH is 1. The first-order chi connectivity index (χ1) is 8.48. The summed E-state index contributed by atoms with van der Waals surface area (Å²) < 4.78 is 25.2. The van der Waals surface area contributed by atoms with E-state index in [4.69, 9.17) is 10.4 Å². The van der Waals surface area contributed by atoms with Gasteiger partial charge >= 0.3 is 0 Å². The van der Waals surface area contributed by atoms with Gasteiger partial charge in [0.15, 0.2) is 5.75 Å². The number of anilines is 1. The van der Waals surface area contributed by atoms with E-state index in [0.29, 0.717) is 11.3 Å². The fraction of sp³-hybridized carbons (Fsp3) is 0.250. The molecule has 0 saturated carbocycles. The van der Waals surface area contributed by atoms with E-state index >= 15 is 0 Å². The number of nitrogens with one attached hydrogen (secondary N) is 1. The molecule has 0 radical (unpaired) electrons. The van der Waals surface area contributed by atoms with Gasteiger partial charge in [0, 0.05) is 5.56 Å². The number of nitrogens with zero attached hydrogens (tertiary/aromatic N) is 1. The van der Waals surface area contributed by atoms with Crippen LogP contribution in [-0.4, -0.2) is 25.9 Å². The van der Waals surface area contributed by atoms with Gasteiger partial charge in [-0.25, -0.2) is 8.42 Å². The van der Waals surface area contributed by atoms with Gasteiger partial charge in [-0.1, -0.05) is 17.9 Å². The first-order valence-electron chi connectivity index (χ1n) is 5.06. The Labute approximate surface area is 106 Å². The lowest BCUT2D eigenvalue weighted by Crippen LogP contribution is -2.16. The largest absolute Gasteiger partial charge is 0.384 e. The van der Waals surface area contributed by atoms with Crippen LogP contribution in [0.2, 0.25) is 0 Å². The summed E-state index contributed by atoms with van der Waals surface area (Å²) in [5, 5.41) is 17.1. The Morgan fingerprint density at radius 1 is 1.44 bits per heavy atom. The lowest BCUT2D eigenvalue weighted by molar-refractivity contribution is 0.350. The smallest absolute Gasteiger partial charge is 0.246 e. The maximum Gasteiger partial charge on any atom is 0.246 e. The summed E-state index contributed by atoms with van der Waals surface area (Å²) in [6.07, 6.45) is 0. The highest BCUT2D eigenvalue weighted by Crippen LogP contribution is 2.17. The van der Waals surface area contributed by atoms with Crippen LogP contribution in [0.25, 0.3) is 0 Å². The van der Waals surface area contributed by atoms with Crippen molar-refractivity contribution in [3.63, 3.8) is 0 Å². The molecule has 0 aliphatic carbocycles. The molecule has 2 N–H and O–H groups in total. The van der Waals surface area contributed by atoms with Gasteiger partial charge in [0.25, 0.3) is 0 Å². The lowest BCUT2D eigenvalue weighted by atomic mass is 10.1. The molecule has 0 unspecified atom stereocenters. The quantitative estimate of drug-likeness (QED) is 0.782. The third-order valence-corrected chi connectivity index (χ3v) is 3.04. The third kappa shape index (κ3) is 4.10. The van der Waals surface area contributed by atoms with Gasteiger partial charge in [0.1, 0.15) is 6.61 Å². The first-order valence-corrected chi connectivity index (χ1v) is 6.71. The zero-order chi connectivity index (χ0) is 13.6. The van der Waals surface area contributed by atoms with Crippen LogP contribution >= 0.6 is 0 Å². The van der Waals surface area contributed by atoms with Crippen molar-refractivity contribution in [1.29, 1.82) is 5.26 Å². The predicted octanol–water partition coefficient (Wildman–Crippen LogP) is 0.604. The number of aliphatic hydroxyl groups is 1. The van der Waals surface area contributed by atoms with Gasteiger partial charge in [0.2, 0.25) is 10.0 Å². The number of hydrogen-bond donors (Lipinski definition) is 2. The summed E-state index contributed by atoms with van der Waals surface area (Å²) in [4.78, 5) is 0. The summed E-state index contributed by atoms with van der Waals surface area (Å²) in [6, 6.07) is 6.58. The summed E-state index contributed by atoms with van der Waals surface area (Å²) in [6.45, 7) is 1.54. The average Bonchev–Trinajstić information content (AvgIpc) is 2.29. The number of sulfonamides is 1. The molecular formula is C12H12N2O3S. The van der Waals surface area contributed by atoms with Crippen LogP contribution in [0.1, 0.15) is 11.1 Å². The summed E-state index contributed by atoms with van der Waals surface area (Å²) >= 11 is 0. The van der Waals surface area contributed by atoms with Crippen LogP contribution in [0.4, 0.5) is 5.69 Å². The van der Waals surface area contributed by atoms with Crippen molar-refractivity contribution < 1.29 is 13.5 Å². The van der Waals surface area contributed by atoms with E-state index in [0.717, 1.165) is 5.56 Å². The second-order valence-electron chi connectivity index (χ2n) is 3.53. The van der Waals surface area contributed by atoms with E-state index < -0.39 is 15.8 Å². The molecule has 0 heterocycles. The molecule has 0 fully saturated rings. The van der Waals surface area contributed by atoms with Crippen molar-refractivity contribution >= 4 is 15.7 Å². The van der Waals surface area contributed by atoms with Gasteiger partial charge in [-0.2, -0.15) is 5.26 Å². The zero-order valence-electron chi connectivity index (χ0n) is 9.77. The van der Waals surface area contributed by atoms with Crippen LogP contribution in [0.3, 0.4) is 0 Å². The normalized spacial score (nSPS) is 10.1. The molecule has 0 amide bonds. The number of aryl methyl sites for hydroxylation is 1. The minimum atomic E-state index is -3.69. The minimum absolute atomic E-state index is 0.303. The van der Waals surface area contributed by atoms with E-state index in [-0.39, 0.29) is 6.61 Å². The van der Waals surface area contributed by atoms with Crippen molar-refractivity contribution in [1.82, 2.24) is 0 Å². The molecule has 0 bridgehead atoms. The maximum absolute atomic E-state index is 11.5. The maximum atomic E-state index is 11.5. The number of nitriles is 1. The third-order valence-electron chi connectivity index (χ3n) is 2.00. The molecule has 18 heavy (non-hydrogen) atoms. The van der Waals surface area contributed by atoms with Crippen LogP contribution in [0.5, 0.6) is 0 Å². The molecule has 6 heteroatoms. The molecule has 0 aliphatic heterocycles. The van der Waals surface area contributed by atoms with Crippen molar-refractivity contribution in [2.45, 2.75) is 6.92 Å². The number of rotatable bonds is 3. The Kier molecular flexibility index (Phi) is 4.73. The van der Waals surface area contributed by atoms with E-state index in [1.165, 1.54) is 0 Å². The minimum Gasteiger partial charge on any atom is -0.384 e. The fourth-order valence-electron chi connectivity index (χ4n) is 1.27. The molecule has 94 valence electrons. The molecule has 1 rings (SSSR count). The summed E-state index contributed by atoms with van der Waals surface area (Å²) in [5.41, 5.74) is 1.68. The molecule has 0 aliphatic rings.